The third-order valence-corrected chi connectivity index (χ3v) is 5.55. The standard InChI is InChI=1S/C21H25N7O2/c1-30-19-6-2-15(3-7-19)10-27-11-16(8-22-27)9-26-12-17(13-26)23-21(29)20-14-28(25-24-20)18-4-5-18/h2-3,6-8,11,14,17-18H,4-5,9-10,12-13H2,1H3,(H,23,29). The van der Waals surface area contributed by atoms with E-state index in [0.29, 0.717) is 11.7 Å². The Hall–Kier alpha value is -3.20. The highest BCUT2D eigenvalue weighted by Crippen LogP contribution is 2.33. The molecule has 1 aliphatic heterocycles. The van der Waals surface area contributed by atoms with Gasteiger partial charge in [0.1, 0.15) is 5.75 Å². The number of likely N-dealkylation sites (tertiary alicyclic amines) is 1. The van der Waals surface area contributed by atoms with Crippen molar-refractivity contribution in [1.82, 2.24) is 35.0 Å². The van der Waals surface area contributed by atoms with Crippen LogP contribution in [0.4, 0.5) is 0 Å². The summed E-state index contributed by atoms with van der Waals surface area (Å²) in [5.74, 6) is 0.714. The first-order valence-electron chi connectivity index (χ1n) is 10.3. The number of hydrogen-bond acceptors (Lipinski definition) is 6. The monoisotopic (exact) mass is 407 g/mol. The fourth-order valence-corrected chi connectivity index (χ4v) is 3.70. The molecule has 2 fully saturated rings. The average Bonchev–Trinajstić information content (AvgIpc) is 3.29. The van der Waals surface area contributed by atoms with Crippen LogP contribution in [0.3, 0.4) is 0 Å². The third-order valence-electron chi connectivity index (χ3n) is 5.55. The highest BCUT2D eigenvalue weighted by Gasteiger charge is 2.30. The van der Waals surface area contributed by atoms with Gasteiger partial charge in [-0.05, 0) is 30.5 Å². The SMILES string of the molecule is COc1ccc(Cn2cc(CN3CC(NC(=O)c4cn(C5CC5)nn4)C3)cn2)cc1. The molecule has 3 heterocycles. The summed E-state index contributed by atoms with van der Waals surface area (Å²) in [6, 6.07) is 8.60. The lowest BCUT2D eigenvalue weighted by Crippen LogP contribution is -2.58. The summed E-state index contributed by atoms with van der Waals surface area (Å²) in [6.07, 6.45) is 7.98. The number of nitrogens with one attached hydrogen (secondary N) is 1. The van der Waals surface area contributed by atoms with Crippen LogP contribution < -0.4 is 10.1 Å². The minimum atomic E-state index is -0.140. The van der Waals surface area contributed by atoms with E-state index in [1.165, 1.54) is 11.1 Å². The molecule has 0 bridgehead atoms. The second kappa shape index (κ2) is 7.91. The lowest BCUT2D eigenvalue weighted by atomic mass is 10.1. The Morgan fingerprint density at radius 1 is 1.13 bits per heavy atom. The average molecular weight is 407 g/mol. The van der Waals surface area contributed by atoms with Gasteiger partial charge in [-0.15, -0.1) is 5.10 Å². The minimum absolute atomic E-state index is 0.140. The van der Waals surface area contributed by atoms with Crippen LogP contribution in [0.15, 0.2) is 42.9 Å². The smallest absolute Gasteiger partial charge is 0.273 e. The summed E-state index contributed by atoms with van der Waals surface area (Å²) in [5.41, 5.74) is 2.75. The molecule has 5 rings (SSSR count). The van der Waals surface area contributed by atoms with Crippen molar-refractivity contribution in [2.75, 3.05) is 20.2 Å². The van der Waals surface area contributed by atoms with Crippen molar-refractivity contribution in [2.45, 2.75) is 38.0 Å². The highest BCUT2D eigenvalue weighted by atomic mass is 16.5. The maximum absolute atomic E-state index is 12.3. The Kier molecular flexibility index (Phi) is 4.96. The van der Waals surface area contributed by atoms with Crippen LogP contribution in [0.2, 0.25) is 0 Å². The summed E-state index contributed by atoms with van der Waals surface area (Å²) in [7, 11) is 1.67. The number of ether oxygens (including phenoxy) is 1. The first-order chi connectivity index (χ1) is 14.7. The fourth-order valence-electron chi connectivity index (χ4n) is 3.70. The summed E-state index contributed by atoms with van der Waals surface area (Å²) < 4.78 is 8.94. The molecule has 0 radical (unpaired) electrons. The van der Waals surface area contributed by atoms with E-state index in [2.05, 4.69) is 31.8 Å². The van der Waals surface area contributed by atoms with Gasteiger partial charge in [0.05, 0.1) is 38.1 Å². The van der Waals surface area contributed by atoms with Crippen LogP contribution >= 0.6 is 0 Å². The number of amides is 1. The molecule has 1 aromatic carbocycles. The van der Waals surface area contributed by atoms with E-state index in [0.717, 1.165) is 44.8 Å². The van der Waals surface area contributed by atoms with E-state index >= 15 is 0 Å². The van der Waals surface area contributed by atoms with Gasteiger partial charge in [0.15, 0.2) is 5.69 Å². The van der Waals surface area contributed by atoms with Crippen LogP contribution in [0.5, 0.6) is 5.75 Å². The Labute approximate surface area is 174 Å². The predicted octanol–water partition coefficient (Wildman–Crippen LogP) is 1.48. The molecule has 1 N–H and O–H groups in total. The summed E-state index contributed by atoms with van der Waals surface area (Å²) in [4.78, 5) is 14.6. The minimum Gasteiger partial charge on any atom is -0.497 e. The lowest BCUT2D eigenvalue weighted by molar-refractivity contribution is 0.0790. The van der Waals surface area contributed by atoms with E-state index in [1.54, 1.807) is 18.0 Å². The quantitative estimate of drug-likeness (QED) is 0.608. The molecule has 3 aromatic rings. The van der Waals surface area contributed by atoms with Gasteiger partial charge in [0, 0.05) is 31.4 Å². The van der Waals surface area contributed by atoms with Crippen LogP contribution in [0.1, 0.15) is 40.5 Å². The summed E-state index contributed by atoms with van der Waals surface area (Å²) in [6.45, 7) is 3.20. The maximum atomic E-state index is 12.3. The van der Waals surface area contributed by atoms with Crippen molar-refractivity contribution < 1.29 is 9.53 Å². The predicted molar refractivity (Wildman–Crippen MR) is 109 cm³/mol. The number of benzene rings is 1. The zero-order valence-corrected chi connectivity index (χ0v) is 16.9. The Bertz CT molecular complexity index is 1020. The van der Waals surface area contributed by atoms with Crippen LogP contribution in [0, 0.1) is 0 Å². The molecule has 0 unspecified atom stereocenters. The molecule has 0 spiro atoms. The topological polar surface area (TPSA) is 90.1 Å². The van der Waals surface area contributed by atoms with Crippen LogP contribution in [-0.4, -0.2) is 61.8 Å². The third kappa shape index (κ3) is 4.20. The molecular formula is C21H25N7O2. The van der Waals surface area contributed by atoms with Crippen molar-refractivity contribution in [1.29, 1.82) is 0 Å². The Balaban J connectivity index is 1.07. The highest BCUT2D eigenvalue weighted by molar-refractivity contribution is 5.92. The molecule has 2 aliphatic rings. The molecule has 30 heavy (non-hydrogen) atoms. The van der Waals surface area contributed by atoms with Crippen molar-refractivity contribution in [3.63, 3.8) is 0 Å². The van der Waals surface area contributed by atoms with Crippen LogP contribution in [0.25, 0.3) is 0 Å². The molecule has 1 amide bonds. The van der Waals surface area contributed by atoms with Gasteiger partial charge in [0.2, 0.25) is 0 Å². The summed E-state index contributed by atoms with van der Waals surface area (Å²) in [5, 5.41) is 15.5. The number of methoxy groups -OCH3 is 1. The number of nitrogens with zero attached hydrogens (tertiary/aromatic N) is 6. The molecule has 156 valence electrons. The molecule has 0 atom stereocenters. The molecule has 1 aliphatic carbocycles. The van der Waals surface area contributed by atoms with Crippen molar-refractivity contribution in [2.24, 2.45) is 0 Å². The van der Waals surface area contributed by atoms with E-state index in [4.69, 9.17) is 4.74 Å². The van der Waals surface area contributed by atoms with E-state index < -0.39 is 0 Å². The number of carbonyl (C=O) groups is 1. The second-order valence-corrected chi connectivity index (χ2v) is 8.07. The van der Waals surface area contributed by atoms with Gasteiger partial charge >= 0.3 is 0 Å². The van der Waals surface area contributed by atoms with Gasteiger partial charge in [-0.25, -0.2) is 4.68 Å². The zero-order chi connectivity index (χ0) is 20.5. The maximum Gasteiger partial charge on any atom is 0.273 e. The van der Waals surface area contributed by atoms with Gasteiger partial charge in [-0.1, -0.05) is 17.3 Å². The van der Waals surface area contributed by atoms with Crippen molar-refractivity contribution >= 4 is 5.91 Å². The van der Waals surface area contributed by atoms with E-state index in [9.17, 15) is 4.79 Å². The first kappa shape index (κ1) is 18.8. The number of hydrogen-bond donors (Lipinski definition) is 1. The van der Waals surface area contributed by atoms with Gasteiger partial charge in [-0.3, -0.25) is 14.4 Å². The number of rotatable bonds is 8. The Morgan fingerprint density at radius 3 is 2.67 bits per heavy atom. The summed E-state index contributed by atoms with van der Waals surface area (Å²) >= 11 is 0. The fraction of sp³-hybridized carbons (Fsp3) is 0.429. The van der Waals surface area contributed by atoms with Crippen molar-refractivity contribution in [3.8, 4) is 5.75 Å². The van der Waals surface area contributed by atoms with Gasteiger partial charge in [-0.2, -0.15) is 5.10 Å². The number of aromatic nitrogens is 5. The first-order valence-corrected chi connectivity index (χ1v) is 10.3. The van der Waals surface area contributed by atoms with Crippen LogP contribution in [-0.2, 0) is 13.1 Å². The lowest BCUT2D eigenvalue weighted by Gasteiger charge is -2.39. The largest absolute Gasteiger partial charge is 0.497 e. The van der Waals surface area contributed by atoms with Gasteiger partial charge < -0.3 is 10.1 Å². The molecular weight excluding hydrogens is 382 g/mol. The molecule has 9 heteroatoms. The second-order valence-electron chi connectivity index (χ2n) is 8.07. The molecule has 9 nitrogen and oxygen atoms in total. The number of carbonyl (C=O) groups excluding carboxylic acids is 1. The molecule has 1 saturated heterocycles. The van der Waals surface area contributed by atoms with Gasteiger partial charge in [0.25, 0.3) is 5.91 Å². The zero-order valence-electron chi connectivity index (χ0n) is 16.9. The molecule has 2 aromatic heterocycles. The molecule has 1 saturated carbocycles. The van der Waals surface area contributed by atoms with E-state index in [1.807, 2.05) is 35.1 Å². The Morgan fingerprint density at radius 2 is 1.93 bits per heavy atom. The normalized spacial score (nSPS) is 17.0. The van der Waals surface area contributed by atoms with E-state index in [-0.39, 0.29) is 11.9 Å². The van der Waals surface area contributed by atoms with Crippen molar-refractivity contribution in [3.05, 3.63) is 59.7 Å².